The van der Waals surface area contributed by atoms with Gasteiger partial charge in [0.25, 0.3) is 0 Å². The average Bonchev–Trinajstić information content (AvgIpc) is 3.21. The van der Waals surface area contributed by atoms with Gasteiger partial charge in [-0.25, -0.2) is 0 Å². The molecule has 4 N–H and O–H groups in total. The molecule has 1 aliphatic heterocycles. The minimum Gasteiger partial charge on any atom is -0.348 e. The average molecular weight is 411 g/mol. The third-order valence-corrected chi connectivity index (χ3v) is 4.87. The molecular weight excluding hydrogens is 376 g/mol. The van der Waals surface area contributed by atoms with Gasteiger partial charge in [0.05, 0.1) is 13.1 Å². The molecule has 0 saturated carbocycles. The van der Waals surface area contributed by atoms with Gasteiger partial charge in [-0.3, -0.25) is 4.79 Å². The molecule has 30 heavy (non-hydrogen) atoms. The molecule has 2 aromatic carbocycles. The molecule has 1 heterocycles. The largest absolute Gasteiger partial charge is 0.348 e. The third kappa shape index (κ3) is 8.86. The number of benzene rings is 2. The number of hydrogen-bond donors (Lipinski definition) is 4. The number of carbonyl (C=O) groups excluding carboxylic acids is 2. The summed E-state index contributed by atoms with van der Waals surface area (Å²) in [4.78, 5) is 21.3. The summed E-state index contributed by atoms with van der Waals surface area (Å²) in [7, 11) is 1.98. The van der Waals surface area contributed by atoms with E-state index in [2.05, 4.69) is 58.5 Å². The fraction of sp³-hybridized carbons (Fsp3) is 0.417. The van der Waals surface area contributed by atoms with Crippen molar-refractivity contribution in [2.75, 3.05) is 26.7 Å². The van der Waals surface area contributed by atoms with Gasteiger partial charge < -0.3 is 26.1 Å². The van der Waals surface area contributed by atoms with Crippen molar-refractivity contribution in [3.63, 3.8) is 0 Å². The van der Waals surface area contributed by atoms with Crippen LogP contribution in [0.15, 0.2) is 48.5 Å². The minimum absolute atomic E-state index is 0.0834. The molecule has 1 unspecified atom stereocenters. The summed E-state index contributed by atoms with van der Waals surface area (Å²) in [5.74, 6) is 0.320. The lowest BCUT2D eigenvalue weighted by Gasteiger charge is -2.12. The molecule has 1 aliphatic rings. The van der Waals surface area contributed by atoms with Gasteiger partial charge in [0.15, 0.2) is 0 Å². The Bertz CT molecular complexity index is 780. The normalized spacial score (nSPS) is 13.0. The maximum Gasteiger partial charge on any atom is 0.234 e. The van der Waals surface area contributed by atoms with E-state index < -0.39 is 0 Å². The highest BCUT2D eigenvalue weighted by atomic mass is 16.2. The number of rotatable bonds is 10. The molecule has 0 aromatic heterocycles. The van der Waals surface area contributed by atoms with E-state index >= 15 is 0 Å². The number of carbonyl (C=O) groups is 2. The summed E-state index contributed by atoms with van der Waals surface area (Å²) in [6.07, 6.45) is 1.67. The number of fused-ring (bicyclic) bond motifs is 1. The van der Waals surface area contributed by atoms with Crippen molar-refractivity contribution in [1.82, 2.24) is 21.3 Å². The van der Waals surface area contributed by atoms with Crippen molar-refractivity contribution in [3.05, 3.63) is 70.8 Å². The van der Waals surface area contributed by atoms with E-state index in [0.29, 0.717) is 12.2 Å². The maximum atomic E-state index is 11.2. The predicted octanol–water partition coefficient (Wildman–Crippen LogP) is 1.78. The zero-order valence-electron chi connectivity index (χ0n) is 18.0. The minimum atomic E-state index is -0.144. The smallest absolute Gasteiger partial charge is 0.234 e. The highest BCUT2D eigenvalue weighted by Gasteiger charge is 2.09. The summed E-state index contributed by atoms with van der Waals surface area (Å²) >= 11 is 0. The molecule has 6 nitrogen and oxygen atoms in total. The second-order valence-corrected chi connectivity index (χ2v) is 7.63. The summed E-state index contributed by atoms with van der Waals surface area (Å²) in [6.45, 7) is 6.30. The Morgan fingerprint density at radius 2 is 1.87 bits per heavy atom. The van der Waals surface area contributed by atoms with E-state index in [1.54, 1.807) is 0 Å². The summed E-state index contributed by atoms with van der Waals surface area (Å²) in [5, 5.41) is 12.1. The van der Waals surface area contributed by atoms with Crippen molar-refractivity contribution in [3.8, 4) is 0 Å². The number of hydrogen-bond acceptors (Lipinski definition) is 5. The molecule has 2 aromatic rings. The molecular formula is C24H34N4O2. The van der Waals surface area contributed by atoms with Crippen LogP contribution in [0.5, 0.6) is 0 Å². The molecule has 3 rings (SSSR count). The Morgan fingerprint density at radius 3 is 2.60 bits per heavy atom. The SMILES string of the molecule is CC(CNCC(=O)NCC=O)Cc1ccccc1.CNCc1ccc2c(c1)CNC2. The van der Waals surface area contributed by atoms with Gasteiger partial charge in [-0.15, -0.1) is 0 Å². The van der Waals surface area contributed by atoms with E-state index in [0.717, 1.165) is 32.6 Å². The summed E-state index contributed by atoms with van der Waals surface area (Å²) in [6, 6.07) is 17.0. The lowest BCUT2D eigenvalue weighted by Crippen LogP contribution is -2.36. The molecule has 6 heteroatoms. The van der Waals surface area contributed by atoms with Crippen molar-refractivity contribution < 1.29 is 9.59 Å². The van der Waals surface area contributed by atoms with E-state index in [1.165, 1.54) is 22.3 Å². The first-order valence-corrected chi connectivity index (χ1v) is 10.5. The van der Waals surface area contributed by atoms with Crippen LogP contribution in [0.1, 0.15) is 29.2 Å². The van der Waals surface area contributed by atoms with E-state index in [4.69, 9.17) is 0 Å². The first kappa shape index (κ1) is 23.7. The Kier molecular flexibility index (Phi) is 10.8. The van der Waals surface area contributed by atoms with Crippen molar-refractivity contribution in [2.24, 2.45) is 5.92 Å². The van der Waals surface area contributed by atoms with Crippen LogP contribution in [-0.4, -0.2) is 38.9 Å². The van der Waals surface area contributed by atoms with Gasteiger partial charge in [0.1, 0.15) is 6.29 Å². The second-order valence-electron chi connectivity index (χ2n) is 7.63. The van der Waals surface area contributed by atoms with Gasteiger partial charge in [-0.05, 0) is 48.2 Å². The van der Waals surface area contributed by atoms with E-state index in [1.807, 2.05) is 25.2 Å². The topological polar surface area (TPSA) is 82.3 Å². The van der Waals surface area contributed by atoms with Gasteiger partial charge in [-0.2, -0.15) is 0 Å². The fourth-order valence-corrected chi connectivity index (χ4v) is 3.40. The zero-order valence-corrected chi connectivity index (χ0v) is 18.0. The van der Waals surface area contributed by atoms with Gasteiger partial charge in [0, 0.05) is 19.6 Å². The lowest BCUT2D eigenvalue weighted by atomic mass is 10.0. The lowest BCUT2D eigenvalue weighted by molar-refractivity contribution is -0.121. The van der Waals surface area contributed by atoms with E-state index in [-0.39, 0.29) is 19.0 Å². The molecule has 162 valence electrons. The van der Waals surface area contributed by atoms with Crippen molar-refractivity contribution in [1.29, 1.82) is 0 Å². The quantitative estimate of drug-likeness (QED) is 0.449. The van der Waals surface area contributed by atoms with Crippen LogP contribution in [0.3, 0.4) is 0 Å². The summed E-state index contributed by atoms with van der Waals surface area (Å²) in [5.41, 5.74) is 5.59. The van der Waals surface area contributed by atoms with Crippen LogP contribution < -0.4 is 21.3 Å². The number of amides is 1. The van der Waals surface area contributed by atoms with Crippen LogP contribution >= 0.6 is 0 Å². The number of nitrogens with one attached hydrogen (secondary N) is 4. The van der Waals surface area contributed by atoms with Crippen LogP contribution in [0.25, 0.3) is 0 Å². The molecule has 0 spiro atoms. The molecule has 0 fully saturated rings. The predicted molar refractivity (Wildman–Crippen MR) is 121 cm³/mol. The molecule has 0 saturated heterocycles. The molecule has 0 aliphatic carbocycles. The second kappa shape index (κ2) is 13.6. The highest BCUT2D eigenvalue weighted by Crippen LogP contribution is 2.16. The zero-order chi connectivity index (χ0) is 21.6. The standard InChI is InChI=1S/C14H20N2O2.C10H14N2/c1-12(9-13-5-3-2-4-6-13)10-15-11-14(18)16-7-8-17;1-11-5-8-2-3-9-6-12-7-10(9)4-8/h2-6,8,12,15H,7,9-11H2,1H3,(H,16,18);2-4,11-12H,5-7H2,1H3. The van der Waals surface area contributed by atoms with Crippen LogP contribution in [0.4, 0.5) is 0 Å². The number of aldehydes is 1. The monoisotopic (exact) mass is 410 g/mol. The van der Waals surface area contributed by atoms with Crippen LogP contribution in [-0.2, 0) is 35.6 Å². The van der Waals surface area contributed by atoms with Crippen LogP contribution in [0, 0.1) is 5.92 Å². The fourth-order valence-electron chi connectivity index (χ4n) is 3.40. The Hall–Kier alpha value is -2.54. The van der Waals surface area contributed by atoms with Gasteiger partial charge in [-0.1, -0.05) is 55.5 Å². The third-order valence-electron chi connectivity index (χ3n) is 4.87. The van der Waals surface area contributed by atoms with Gasteiger partial charge >= 0.3 is 0 Å². The molecule has 0 radical (unpaired) electrons. The molecule has 1 atom stereocenters. The first-order chi connectivity index (χ1) is 14.6. The van der Waals surface area contributed by atoms with Crippen molar-refractivity contribution >= 4 is 12.2 Å². The van der Waals surface area contributed by atoms with Crippen LogP contribution in [0.2, 0.25) is 0 Å². The Morgan fingerprint density at radius 1 is 1.10 bits per heavy atom. The highest BCUT2D eigenvalue weighted by molar-refractivity contribution is 5.80. The molecule has 1 amide bonds. The summed E-state index contributed by atoms with van der Waals surface area (Å²) < 4.78 is 0. The Labute approximate surface area is 179 Å². The first-order valence-electron chi connectivity index (χ1n) is 10.5. The van der Waals surface area contributed by atoms with E-state index in [9.17, 15) is 9.59 Å². The maximum absolute atomic E-state index is 11.2. The Balaban J connectivity index is 0.000000230. The molecule has 0 bridgehead atoms. The van der Waals surface area contributed by atoms with Gasteiger partial charge in [0.2, 0.25) is 5.91 Å². The van der Waals surface area contributed by atoms with Crippen molar-refractivity contribution in [2.45, 2.75) is 33.0 Å².